The van der Waals surface area contributed by atoms with Crippen LogP contribution in [0.5, 0.6) is 0 Å². The molecular formula is C25H29N3. The number of aryl methyl sites for hydroxylation is 2. The van der Waals surface area contributed by atoms with Crippen LogP contribution in [0.15, 0.2) is 79.1 Å². The minimum atomic E-state index is 0.759. The molecule has 2 N–H and O–H groups in total. The Morgan fingerprint density at radius 3 is 1.86 bits per heavy atom. The van der Waals surface area contributed by atoms with E-state index in [4.69, 9.17) is 5.73 Å². The SMILES string of the molecule is CN(C)CCC=C1c2ccccc2CCc2ccccc21.Nc1ccncc1. The first-order valence-corrected chi connectivity index (χ1v) is 9.82. The smallest absolute Gasteiger partial charge is 0.0344 e. The summed E-state index contributed by atoms with van der Waals surface area (Å²) in [5.41, 5.74) is 13.3. The third-order valence-electron chi connectivity index (χ3n) is 4.91. The van der Waals surface area contributed by atoms with Crippen LogP contribution < -0.4 is 5.73 Å². The summed E-state index contributed by atoms with van der Waals surface area (Å²) < 4.78 is 0. The van der Waals surface area contributed by atoms with Crippen molar-refractivity contribution in [2.24, 2.45) is 0 Å². The van der Waals surface area contributed by atoms with E-state index in [1.807, 2.05) is 0 Å². The van der Waals surface area contributed by atoms with Crippen molar-refractivity contribution in [2.75, 3.05) is 26.4 Å². The number of benzene rings is 2. The Bertz CT molecular complexity index is 864. The summed E-state index contributed by atoms with van der Waals surface area (Å²) in [5, 5.41) is 0. The highest BCUT2D eigenvalue weighted by Crippen LogP contribution is 2.33. The largest absolute Gasteiger partial charge is 0.399 e. The fourth-order valence-electron chi connectivity index (χ4n) is 3.47. The van der Waals surface area contributed by atoms with Crippen LogP contribution in [-0.2, 0) is 12.8 Å². The van der Waals surface area contributed by atoms with Crippen LogP contribution >= 0.6 is 0 Å². The Morgan fingerprint density at radius 1 is 0.857 bits per heavy atom. The van der Waals surface area contributed by atoms with Crippen molar-refractivity contribution in [1.82, 2.24) is 9.88 Å². The predicted molar refractivity (Wildman–Crippen MR) is 119 cm³/mol. The molecule has 2 aromatic carbocycles. The lowest BCUT2D eigenvalue weighted by Crippen LogP contribution is -2.12. The molecule has 0 fully saturated rings. The first kappa shape index (κ1) is 19.8. The van der Waals surface area contributed by atoms with Gasteiger partial charge in [-0.15, -0.1) is 0 Å². The van der Waals surface area contributed by atoms with Gasteiger partial charge in [-0.05, 0) is 73.3 Å². The molecule has 0 amide bonds. The number of nitrogens with zero attached hydrogens (tertiary/aromatic N) is 2. The molecule has 0 atom stereocenters. The number of anilines is 1. The molecule has 0 saturated carbocycles. The molecule has 0 bridgehead atoms. The van der Waals surface area contributed by atoms with Crippen LogP contribution in [0, 0.1) is 0 Å². The monoisotopic (exact) mass is 371 g/mol. The molecule has 0 unspecified atom stereocenters. The molecule has 1 aliphatic rings. The topological polar surface area (TPSA) is 42.1 Å². The van der Waals surface area contributed by atoms with E-state index in [9.17, 15) is 0 Å². The molecule has 1 aromatic heterocycles. The lowest BCUT2D eigenvalue weighted by molar-refractivity contribution is 0.417. The van der Waals surface area contributed by atoms with Crippen molar-refractivity contribution in [1.29, 1.82) is 0 Å². The summed E-state index contributed by atoms with van der Waals surface area (Å²) in [6.07, 6.45) is 9.11. The second kappa shape index (κ2) is 9.86. The summed E-state index contributed by atoms with van der Waals surface area (Å²) >= 11 is 0. The Balaban J connectivity index is 0.000000271. The molecule has 3 nitrogen and oxygen atoms in total. The van der Waals surface area contributed by atoms with Gasteiger partial charge in [0, 0.05) is 24.6 Å². The number of nitrogens with two attached hydrogens (primary N) is 1. The zero-order valence-corrected chi connectivity index (χ0v) is 16.8. The molecule has 0 radical (unpaired) electrons. The highest BCUT2D eigenvalue weighted by atomic mass is 15.0. The molecule has 28 heavy (non-hydrogen) atoms. The number of hydrogen-bond acceptors (Lipinski definition) is 3. The van der Waals surface area contributed by atoms with Gasteiger partial charge in [-0.2, -0.15) is 0 Å². The van der Waals surface area contributed by atoms with Gasteiger partial charge in [0.2, 0.25) is 0 Å². The summed E-state index contributed by atoms with van der Waals surface area (Å²) in [6.45, 7) is 1.09. The molecule has 3 heteroatoms. The Labute approximate surface area is 168 Å². The normalized spacial score (nSPS) is 12.3. The van der Waals surface area contributed by atoms with E-state index >= 15 is 0 Å². The molecule has 1 aliphatic carbocycles. The second-order valence-electron chi connectivity index (χ2n) is 7.30. The van der Waals surface area contributed by atoms with E-state index in [0.29, 0.717) is 0 Å². The fourth-order valence-corrected chi connectivity index (χ4v) is 3.47. The van der Waals surface area contributed by atoms with Crippen LogP contribution in [0.4, 0.5) is 5.69 Å². The van der Waals surface area contributed by atoms with E-state index < -0.39 is 0 Å². The summed E-state index contributed by atoms with van der Waals surface area (Å²) in [7, 11) is 4.26. The summed E-state index contributed by atoms with van der Waals surface area (Å²) in [4.78, 5) is 6.01. The van der Waals surface area contributed by atoms with Gasteiger partial charge < -0.3 is 10.6 Å². The van der Waals surface area contributed by atoms with Crippen molar-refractivity contribution in [3.63, 3.8) is 0 Å². The maximum atomic E-state index is 5.32. The Hall–Kier alpha value is -2.91. The van der Waals surface area contributed by atoms with Gasteiger partial charge in [-0.1, -0.05) is 54.6 Å². The number of pyridine rings is 1. The highest BCUT2D eigenvalue weighted by molar-refractivity contribution is 5.83. The third-order valence-corrected chi connectivity index (χ3v) is 4.91. The van der Waals surface area contributed by atoms with Crippen molar-refractivity contribution >= 4 is 11.3 Å². The number of aromatic nitrogens is 1. The van der Waals surface area contributed by atoms with Gasteiger partial charge in [0.05, 0.1) is 0 Å². The van der Waals surface area contributed by atoms with Crippen molar-refractivity contribution in [3.8, 4) is 0 Å². The van der Waals surface area contributed by atoms with Crippen LogP contribution in [0.2, 0.25) is 0 Å². The summed E-state index contributed by atoms with van der Waals surface area (Å²) in [5.74, 6) is 0. The van der Waals surface area contributed by atoms with E-state index in [-0.39, 0.29) is 0 Å². The quantitative estimate of drug-likeness (QED) is 0.717. The molecule has 0 spiro atoms. The third kappa shape index (κ3) is 5.30. The Morgan fingerprint density at radius 2 is 1.39 bits per heavy atom. The zero-order chi connectivity index (χ0) is 19.8. The molecule has 0 aliphatic heterocycles. The average Bonchev–Trinajstić information content (AvgIpc) is 2.86. The zero-order valence-electron chi connectivity index (χ0n) is 16.8. The first-order chi connectivity index (χ1) is 13.6. The fraction of sp³-hybridized carbons (Fsp3) is 0.240. The van der Waals surface area contributed by atoms with Gasteiger partial charge >= 0.3 is 0 Å². The van der Waals surface area contributed by atoms with Crippen LogP contribution in [-0.4, -0.2) is 30.5 Å². The highest BCUT2D eigenvalue weighted by Gasteiger charge is 2.16. The lowest BCUT2D eigenvalue weighted by atomic mass is 9.93. The maximum absolute atomic E-state index is 5.32. The van der Waals surface area contributed by atoms with E-state index in [1.165, 1.54) is 27.8 Å². The molecule has 0 saturated heterocycles. The summed E-state index contributed by atoms with van der Waals surface area (Å²) in [6, 6.07) is 21.2. The molecular weight excluding hydrogens is 342 g/mol. The minimum Gasteiger partial charge on any atom is -0.399 e. The van der Waals surface area contributed by atoms with Gasteiger partial charge in [-0.3, -0.25) is 4.98 Å². The molecule has 3 aromatic rings. The van der Waals surface area contributed by atoms with Gasteiger partial charge in [0.25, 0.3) is 0 Å². The van der Waals surface area contributed by atoms with Crippen LogP contribution in [0.1, 0.15) is 28.7 Å². The average molecular weight is 372 g/mol. The molecule has 1 heterocycles. The van der Waals surface area contributed by atoms with E-state index in [2.05, 4.69) is 78.6 Å². The second-order valence-corrected chi connectivity index (χ2v) is 7.30. The molecule has 4 rings (SSSR count). The maximum Gasteiger partial charge on any atom is 0.0344 e. The standard InChI is InChI=1S/C20H23N.C5H6N2/c1-21(2)15-7-12-20-18-10-5-3-8-16(18)13-14-17-9-4-6-11-19(17)20;6-5-1-3-7-4-2-5/h3-6,8-12H,7,13-15H2,1-2H3;1-4H,(H2,6,7). The first-order valence-electron chi connectivity index (χ1n) is 9.82. The van der Waals surface area contributed by atoms with Crippen LogP contribution in [0.25, 0.3) is 5.57 Å². The van der Waals surface area contributed by atoms with E-state index in [0.717, 1.165) is 31.5 Å². The number of nitrogen functional groups attached to an aromatic ring is 1. The van der Waals surface area contributed by atoms with Gasteiger partial charge in [0.15, 0.2) is 0 Å². The van der Waals surface area contributed by atoms with Crippen molar-refractivity contribution < 1.29 is 0 Å². The van der Waals surface area contributed by atoms with Gasteiger partial charge in [-0.25, -0.2) is 0 Å². The van der Waals surface area contributed by atoms with Crippen LogP contribution in [0.3, 0.4) is 0 Å². The number of hydrogen-bond donors (Lipinski definition) is 1. The van der Waals surface area contributed by atoms with Gasteiger partial charge in [0.1, 0.15) is 0 Å². The van der Waals surface area contributed by atoms with Crippen molar-refractivity contribution in [2.45, 2.75) is 19.3 Å². The molecule has 144 valence electrons. The minimum absolute atomic E-state index is 0.759. The lowest BCUT2D eigenvalue weighted by Gasteiger charge is -2.13. The number of fused-ring (bicyclic) bond motifs is 2. The Kier molecular flexibility index (Phi) is 6.99. The number of rotatable bonds is 3. The van der Waals surface area contributed by atoms with Crippen molar-refractivity contribution in [3.05, 3.63) is 101 Å². The van der Waals surface area contributed by atoms with E-state index in [1.54, 1.807) is 24.5 Å². The predicted octanol–water partition coefficient (Wildman–Crippen LogP) is 4.83.